The van der Waals surface area contributed by atoms with E-state index in [2.05, 4.69) is 36.4 Å². The van der Waals surface area contributed by atoms with Crippen LogP contribution in [0, 0.1) is 0 Å². The highest BCUT2D eigenvalue weighted by atomic mass is 35.5. The number of fused-ring (bicyclic) bond motifs is 3. The lowest BCUT2D eigenvalue weighted by Gasteiger charge is -2.13. The third kappa shape index (κ3) is 3.16. The van der Waals surface area contributed by atoms with Crippen LogP contribution in [-0.4, -0.2) is 12.6 Å². The van der Waals surface area contributed by atoms with Crippen LogP contribution < -0.4 is 5.73 Å². The number of halogens is 1. The van der Waals surface area contributed by atoms with Crippen molar-refractivity contribution in [1.82, 2.24) is 0 Å². The summed E-state index contributed by atoms with van der Waals surface area (Å²) in [6.07, 6.45) is 1.16. The first kappa shape index (κ1) is 16.5. The van der Waals surface area contributed by atoms with Crippen LogP contribution in [0.15, 0.2) is 42.5 Å². The van der Waals surface area contributed by atoms with Crippen molar-refractivity contribution in [3.63, 3.8) is 0 Å². The Bertz CT molecular complexity index is 685. The number of ether oxygens (including phenoxy) is 1. The molecule has 2 aromatic carbocycles. The van der Waals surface area contributed by atoms with Crippen LogP contribution in [0.4, 0.5) is 0 Å². The van der Waals surface area contributed by atoms with E-state index in [1.54, 1.807) is 6.92 Å². The molecule has 1 atom stereocenters. The molecule has 0 spiro atoms. The Morgan fingerprint density at radius 2 is 1.91 bits per heavy atom. The lowest BCUT2D eigenvalue weighted by atomic mass is 9.98. The standard InChI is InChI=1S/C18H19NO2.ClH/c1-2-21-18(20)11-17(19)13-7-8-16-14(10-13)9-12-5-3-4-6-15(12)16;/h3-8,10,17H,2,9,11,19H2,1H3;1H/t17-;/m1./s1. The van der Waals surface area contributed by atoms with E-state index < -0.39 is 0 Å². The van der Waals surface area contributed by atoms with Crippen LogP contribution >= 0.6 is 12.4 Å². The Balaban J connectivity index is 0.00000176. The molecule has 4 heteroatoms. The second-order valence-electron chi connectivity index (χ2n) is 5.37. The zero-order valence-electron chi connectivity index (χ0n) is 12.5. The summed E-state index contributed by atoms with van der Waals surface area (Å²) in [5, 5.41) is 0. The zero-order chi connectivity index (χ0) is 14.8. The van der Waals surface area contributed by atoms with E-state index in [1.807, 2.05) is 6.07 Å². The van der Waals surface area contributed by atoms with Crippen molar-refractivity contribution in [2.45, 2.75) is 25.8 Å². The Morgan fingerprint density at radius 3 is 2.68 bits per heavy atom. The number of benzene rings is 2. The van der Waals surface area contributed by atoms with Crippen molar-refractivity contribution >= 4 is 18.4 Å². The normalized spacial score (nSPS) is 12.8. The molecule has 0 amide bonds. The van der Waals surface area contributed by atoms with Crippen molar-refractivity contribution < 1.29 is 9.53 Å². The summed E-state index contributed by atoms with van der Waals surface area (Å²) in [7, 11) is 0. The molecule has 0 saturated carbocycles. The van der Waals surface area contributed by atoms with E-state index in [9.17, 15) is 4.79 Å². The van der Waals surface area contributed by atoms with Gasteiger partial charge in [-0.15, -0.1) is 12.4 Å². The van der Waals surface area contributed by atoms with Crippen LogP contribution in [-0.2, 0) is 16.0 Å². The van der Waals surface area contributed by atoms with Gasteiger partial charge in [0, 0.05) is 6.04 Å². The fourth-order valence-electron chi connectivity index (χ4n) is 2.91. The summed E-state index contributed by atoms with van der Waals surface area (Å²) in [5.41, 5.74) is 12.3. The van der Waals surface area contributed by atoms with Gasteiger partial charge in [-0.3, -0.25) is 4.79 Å². The minimum Gasteiger partial charge on any atom is -0.466 e. The summed E-state index contributed by atoms with van der Waals surface area (Å²) < 4.78 is 4.96. The second-order valence-corrected chi connectivity index (χ2v) is 5.37. The zero-order valence-corrected chi connectivity index (χ0v) is 13.4. The SMILES string of the molecule is CCOC(=O)C[C@@H](N)c1ccc2c(c1)Cc1ccccc1-2.Cl. The van der Waals surface area contributed by atoms with E-state index in [4.69, 9.17) is 10.5 Å². The van der Waals surface area contributed by atoms with Gasteiger partial charge in [-0.2, -0.15) is 0 Å². The molecule has 0 aliphatic heterocycles. The largest absolute Gasteiger partial charge is 0.466 e. The van der Waals surface area contributed by atoms with E-state index in [1.165, 1.54) is 22.3 Å². The van der Waals surface area contributed by atoms with Crippen LogP contribution in [0.5, 0.6) is 0 Å². The van der Waals surface area contributed by atoms with E-state index >= 15 is 0 Å². The van der Waals surface area contributed by atoms with Crippen LogP contribution in [0.1, 0.15) is 36.1 Å². The maximum absolute atomic E-state index is 11.5. The van der Waals surface area contributed by atoms with Crippen LogP contribution in [0.3, 0.4) is 0 Å². The highest BCUT2D eigenvalue weighted by Gasteiger charge is 2.20. The number of hydrogen-bond acceptors (Lipinski definition) is 3. The smallest absolute Gasteiger partial charge is 0.307 e. The maximum atomic E-state index is 11.5. The summed E-state index contributed by atoms with van der Waals surface area (Å²) in [5.74, 6) is -0.242. The number of rotatable bonds is 4. The second kappa shape index (κ2) is 6.95. The Labute approximate surface area is 136 Å². The van der Waals surface area contributed by atoms with Gasteiger partial charge in [0.2, 0.25) is 0 Å². The molecule has 3 rings (SSSR count). The number of nitrogens with two attached hydrogens (primary N) is 1. The predicted molar refractivity (Wildman–Crippen MR) is 90.1 cm³/mol. The van der Waals surface area contributed by atoms with Crippen molar-refractivity contribution in [3.8, 4) is 11.1 Å². The van der Waals surface area contributed by atoms with Gasteiger partial charge < -0.3 is 10.5 Å². The molecule has 2 aromatic rings. The van der Waals surface area contributed by atoms with E-state index in [0.29, 0.717) is 6.61 Å². The minimum absolute atomic E-state index is 0. The van der Waals surface area contributed by atoms with Gasteiger partial charge in [0.05, 0.1) is 13.0 Å². The monoisotopic (exact) mass is 317 g/mol. The van der Waals surface area contributed by atoms with Gasteiger partial charge in [-0.05, 0) is 41.2 Å². The molecule has 0 aromatic heterocycles. The first-order chi connectivity index (χ1) is 10.2. The highest BCUT2D eigenvalue weighted by molar-refractivity contribution is 5.85. The van der Waals surface area contributed by atoms with Gasteiger partial charge in [0.25, 0.3) is 0 Å². The first-order valence-electron chi connectivity index (χ1n) is 7.31. The molecule has 0 saturated heterocycles. The minimum atomic E-state index is -0.307. The van der Waals surface area contributed by atoms with Crippen LogP contribution in [0.2, 0.25) is 0 Å². The van der Waals surface area contributed by atoms with Gasteiger partial charge in [0.15, 0.2) is 0 Å². The Kier molecular flexibility index (Phi) is 5.22. The third-order valence-electron chi connectivity index (χ3n) is 3.94. The molecular formula is C18H20ClNO2. The third-order valence-corrected chi connectivity index (χ3v) is 3.94. The van der Waals surface area contributed by atoms with E-state index in [0.717, 1.165) is 12.0 Å². The molecule has 0 fully saturated rings. The van der Waals surface area contributed by atoms with Crippen molar-refractivity contribution in [3.05, 3.63) is 59.2 Å². The Hall–Kier alpha value is -1.84. The maximum Gasteiger partial charge on any atom is 0.307 e. The summed E-state index contributed by atoms with van der Waals surface area (Å²) in [6.45, 7) is 2.20. The highest BCUT2D eigenvalue weighted by Crippen LogP contribution is 2.37. The molecule has 116 valence electrons. The molecule has 0 heterocycles. The lowest BCUT2D eigenvalue weighted by Crippen LogP contribution is -2.17. The average Bonchev–Trinajstić information content (AvgIpc) is 2.85. The first-order valence-corrected chi connectivity index (χ1v) is 7.31. The average molecular weight is 318 g/mol. The lowest BCUT2D eigenvalue weighted by molar-refractivity contribution is -0.143. The molecule has 2 N–H and O–H groups in total. The van der Waals surface area contributed by atoms with E-state index in [-0.39, 0.29) is 30.8 Å². The molecule has 1 aliphatic rings. The van der Waals surface area contributed by atoms with Gasteiger partial charge >= 0.3 is 5.97 Å². The van der Waals surface area contributed by atoms with Gasteiger partial charge in [0.1, 0.15) is 0 Å². The summed E-state index contributed by atoms with van der Waals surface area (Å²) in [6, 6.07) is 14.4. The molecule has 0 radical (unpaired) electrons. The molecule has 0 bridgehead atoms. The fraction of sp³-hybridized carbons (Fsp3) is 0.278. The summed E-state index contributed by atoms with van der Waals surface area (Å²) in [4.78, 5) is 11.5. The Morgan fingerprint density at radius 1 is 1.18 bits per heavy atom. The van der Waals surface area contributed by atoms with Crippen LogP contribution in [0.25, 0.3) is 11.1 Å². The topological polar surface area (TPSA) is 52.3 Å². The van der Waals surface area contributed by atoms with Crippen molar-refractivity contribution in [2.24, 2.45) is 5.73 Å². The van der Waals surface area contributed by atoms with Crippen molar-refractivity contribution in [2.75, 3.05) is 6.61 Å². The van der Waals surface area contributed by atoms with Gasteiger partial charge in [-0.25, -0.2) is 0 Å². The van der Waals surface area contributed by atoms with Gasteiger partial charge in [-0.1, -0.05) is 42.5 Å². The molecular weight excluding hydrogens is 298 g/mol. The number of carbonyl (C=O) groups is 1. The number of hydrogen-bond donors (Lipinski definition) is 1. The molecule has 22 heavy (non-hydrogen) atoms. The fourth-order valence-corrected chi connectivity index (χ4v) is 2.91. The number of carbonyl (C=O) groups excluding carboxylic acids is 1. The number of esters is 1. The quantitative estimate of drug-likeness (QED) is 0.748. The van der Waals surface area contributed by atoms with Crippen molar-refractivity contribution in [1.29, 1.82) is 0 Å². The summed E-state index contributed by atoms with van der Waals surface area (Å²) >= 11 is 0. The predicted octanol–water partition coefficient (Wildman–Crippen LogP) is 3.63. The molecule has 1 aliphatic carbocycles. The molecule has 0 unspecified atom stereocenters. The molecule has 3 nitrogen and oxygen atoms in total.